The van der Waals surface area contributed by atoms with Crippen molar-refractivity contribution >= 4 is 39.8 Å². The van der Waals surface area contributed by atoms with Gasteiger partial charge in [0.1, 0.15) is 5.75 Å². The number of methoxy groups -OCH3 is 1. The predicted molar refractivity (Wildman–Crippen MR) is 112 cm³/mol. The van der Waals surface area contributed by atoms with Gasteiger partial charge in [0.25, 0.3) is 0 Å². The highest BCUT2D eigenvalue weighted by atomic mass is 35.5. The van der Waals surface area contributed by atoms with E-state index in [1.165, 1.54) is 24.0 Å². The Morgan fingerprint density at radius 1 is 1.15 bits per heavy atom. The Morgan fingerprint density at radius 3 is 2.56 bits per heavy atom. The van der Waals surface area contributed by atoms with Gasteiger partial charge in [0, 0.05) is 16.0 Å². The maximum atomic E-state index is 12.3. The first kappa shape index (κ1) is 19.2. The second kappa shape index (κ2) is 8.41. The molecule has 5 nitrogen and oxygen atoms in total. The van der Waals surface area contributed by atoms with Crippen molar-refractivity contribution < 1.29 is 9.53 Å². The highest BCUT2D eigenvalue weighted by Gasteiger charge is 2.11. The number of anilines is 2. The van der Waals surface area contributed by atoms with Crippen LogP contribution in [0.15, 0.2) is 47.8 Å². The van der Waals surface area contributed by atoms with E-state index in [4.69, 9.17) is 16.3 Å². The molecule has 3 aromatic rings. The third-order valence-electron chi connectivity index (χ3n) is 4.01. The van der Waals surface area contributed by atoms with Gasteiger partial charge in [-0.1, -0.05) is 49.7 Å². The number of aromatic nitrogens is 1. The van der Waals surface area contributed by atoms with Crippen LogP contribution in [-0.2, 0) is 0 Å². The molecule has 0 bridgehead atoms. The minimum absolute atomic E-state index is 0.411. The summed E-state index contributed by atoms with van der Waals surface area (Å²) in [5.74, 6) is 1.01. The van der Waals surface area contributed by atoms with Crippen LogP contribution < -0.4 is 15.4 Å². The summed E-state index contributed by atoms with van der Waals surface area (Å²) in [4.78, 5) is 16.8. The third-order valence-corrected chi connectivity index (χ3v) is 5.00. The first-order valence-electron chi connectivity index (χ1n) is 8.43. The molecule has 0 saturated carbocycles. The molecule has 0 fully saturated rings. The summed E-state index contributed by atoms with van der Waals surface area (Å²) in [5.41, 5.74) is 3.61. The van der Waals surface area contributed by atoms with E-state index >= 15 is 0 Å². The van der Waals surface area contributed by atoms with Gasteiger partial charge >= 0.3 is 6.03 Å². The number of benzene rings is 2. The first-order chi connectivity index (χ1) is 13.0. The van der Waals surface area contributed by atoms with Crippen molar-refractivity contribution in [2.45, 2.75) is 19.8 Å². The summed E-state index contributed by atoms with van der Waals surface area (Å²) in [5, 5.41) is 8.40. The number of carbonyl (C=O) groups is 1. The number of nitrogens with one attached hydrogen (secondary N) is 2. The van der Waals surface area contributed by atoms with E-state index in [0.29, 0.717) is 27.5 Å². The van der Waals surface area contributed by atoms with Gasteiger partial charge in [-0.3, -0.25) is 5.32 Å². The van der Waals surface area contributed by atoms with Crippen LogP contribution >= 0.6 is 22.9 Å². The normalized spacial score (nSPS) is 10.7. The first-order valence-corrected chi connectivity index (χ1v) is 9.69. The van der Waals surface area contributed by atoms with Crippen molar-refractivity contribution in [3.05, 3.63) is 58.4 Å². The number of hydrogen-bond donors (Lipinski definition) is 2. The van der Waals surface area contributed by atoms with E-state index in [1.807, 2.05) is 17.5 Å². The molecule has 0 radical (unpaired) electrons. The molecule has 2 amide bonds. The van der Waals surface area contributed by atoms with Gasteiger partial charge in [-0.05, 0) is 29.7 Å². The molecule has 0 atom stereocenters. The van der Waals surface area contributed by atoms with Crippen molar-refractivity contribution in [3.63, 3.8) is 0 Å². The van der Waals surface area contributed by atoms with Crippen LogP contribution in [0.2, 0.25) is 5.02 Å². The lowest BCUT2D eigenvalue weighted by Gasteiger charge is -2.10. The van der Waals surface area contributed by atoms with Gasteiger partial charge in [0.05, 0.1) is 18.5 Å². The third kappa shape index (κ3) is 4.78. The molecule has 2 N–H and O–H groups in total. The standard InChI is InChI=1S/C20H20ClN3O2S/c1-12(2)13-4-6-14(7-5-13)17-11-27-20(23-17)24-19(25)22-16-10-15(21)8-9-18(16)26-3/h4-12H,1-3H3,(H2,22,23,24,25). The molecule has 27 heavy (non-hydrogen) atoms. The number of rotatable bonds is 5. The fourth-order valence-electron chi connectivity index (χ4n) is 2.53. The molecule has 0 aliphatic heterocycles. The summed E-state index contributed by atoms with van der Waals surface area (Å²) >= 11 is 7.35. The molecule has 7 heteroatoms. The van der Waals surface area contributed by atoms with Crippen molar-refractivity contribution in [3.8, 4) is 17.0 Å². The SMILES string of the molecule is COc1ccc(Cl)cc1NC(=O)Nc1nc(-c2ccc(C(C)C)cc2)cs1. The topological polar surface area (TPSA) is 63.2 Å². The molecule has 1 heterocycles. The monoisotopic (exact) mass is 401 g/mol. The highest BCUT2D eigenvalue weighted by molar-refractivity contribution is 7.14. The average Bonchev–Trinajstić information content (AvgIpc) is 3.10. The molecule has 2 aromatic carbocycles. The zero-order valence-corrected chi connectivity index (χ0v) is 16.8. The predicted octanol–water partition coefficient (Wildman–Crippen LogP) is 6.24. The Morgan fingerprint density at radius 2 is 1.89 bits per heavy atom. The van der Waals surface area contributed by atoms with Crippen LogP contribution in [0.25, 0.3) is 11.3 Å². The molecule has 0 aliphatic carbocycles. The largest absolute Gasteiger partial charge is 0.495 e. The number of halogens is 1. The molecule has 0 aliphatic rings. The van der Waals surface area contributed by atoms with Crippen molar-refractivity contribution in [1.29, 1.82) is 0 Å². The Balaban J connectivity index is 1.68. The van der Waals surface area contributed by atoms with Crippen LogP contribution in [0, 0.1) is 0 Å². The Kier molecular flexibility index (Phi) is 5.98. The van der Waals surface area contributed by atoms with Gasteiger partial charge in [-0.15, -0.1) is 11.3 Å². The van der Waals surface area contributed by atoms with Gasteiger partial charge < -0.3 is 10.1 Å². The van der Waals surface area contributed by atoms with Crippen molar-refractivity contribution in [2.24, 2.45) is 0 Å². The maximum Gasteiger partial charge on any atom is 0.325 e. The van der Waals surface area contributed by atoms with E-state index < -0.39 is 6.03 Å². The van der Waals surface area contributed by atoms with E-state index in [2.05, 4.69) is 41.6 Å². The number of urea groups is 1. The zero-order chi connectivity index (χ0) is 19.4. The summed E-state index contributed by atoms with van der Waals surface area (Å²) < 4.78 is 5.23. The number of nitrogens with zero attached hydrogens (tertiary/aromatic N) is 1. The zero-order valence-electron chi connectivity index (χ0n) is 15.2. The van der Waals surface area contributed by atoms with Crippen molar-refractivity contribution in [2.75, 3.05) is 17.7 Å². The average molecular weight is 402 g/mol. The summed E-state index contributed by atoms with van der Waals surface area (Å²) in [6.45, 7) is 4.32. The van der Waals surface area contributed by atoms with E-state index in [9.17, 15) is 4.79 Å². The second-order valence-electron chi connectivity index (χ2n) is 6.24. The molecular formula is C20H20ClN3O2S. The summed E-state index contributed by atoms with van der Waals surface area (Å²) in [7, 11) is 1.53. The fourth-order valence-corrected chi connectivity index (χ4v) is 3.42. The maximum absolute atomic E-state index is 12.3. The Labute approximate surface area is 167 Å². The lowest BCUT2D eigenvalue weighted by molar-refractivity contribution is 0.262. The Hall–Kier alpha value is -2.57. The van der Waals surface area contributed by atoms with Gasteiger partial charge in [-0.25, -0.2) is 9.78 Å². The van der Waals surface area contributed by atoms with Crippen molar-refractivity contribution in [1.82, 2.24) is 4.98 Å². The number of carbonyl (C=O) groups excluding carboxylic acids is 1. The van der Waals surface area contributed by atoms with Gasteiger partial charge in [0.2, 0.25) is 0 Å². The van der Waals surface area contributed by atoms with Crippen LogP contribution in [0.4, 0.5) is 15.6 Å². The van der Waals surface area contributed by atoms with E-state index in [1.54, 1.807) is 18.2 Å². The highest BCUT2D eigenvalue weighted by Crippen LogP contribution is 2.29. The van der Waals surface area contributed by atoms with Crippen LogP contribution in [0.5, 0.6) is 5.75 Å². The van der Waals surface area contributed by atoms with Crippen LogP contribution in [0.3, 0.4) is 0 Å². The Bertz CT molecular complexity index is 939. The molecule has 140 valence electrons. The number of thiazole rings is 1. The lowest BCUT2D eigenvalue weighted by Crippen LogP contribution is -2.19. The molecule has 0 spiro atoms. The minimum Gasteiger partial charge on any atom is -0.495 e. The van der Waals surface area contributed by atoms with Crippen LogP contribution in [0.1, 0.15) is 25.3 Å². The second-order valence-corrected chi connectivity index (χ2v) is 7.53. The van der Waals surface area contributed by atoms with Crippen LogP contribution in [-0.4, -0.2) is 18.1 Å². The molecular weight excluding hydrogens is 382 g/mol. The number of ether oxygens (including phenoxy) is 1. The summed E-state index contributed by atoms with van der Waals surface area (Å²) in [6, 6.07) is 12.9. The summed E-state index contributed by atoms with van der Waals surface area (Å²) in [6.07, 6.45) is 0. The molecule has 0 unspecified atom stereocenters. The van der Waals surface area contributed by atoms with E-state index in [-0.39, 0.29) is 0 Å². The van der Waals surface area contributed by atoms with Gasteiger partial charge in [-0.2, -0.15) is 0 Å². The quantitative estimate of drug-likeness (QED) is 0.531. The lowest BCUT2D eigenvalue weighted by atomic mass is 10.0. The molecule has 3 rings (SSSR count). The smallest absolute Gasteiger partial charge is 0.325 e. The van der Waals surface area contributed by atoms with Gasteiger partial charge in [0.15, 0.2) is 5.13 Å². The minimum atomic E-state index is -0.411. The number of hydrogen-bond acceptors (Lipinski definition) is 4. The fraction of sp³-hybridized carbons (Fsp3) is 0.200. The molecule has 1 aromatic heterocycles. The molecule has 0 saturated heterocycles. The van der Waals surface area contributed by atoms with E-state index in [0.717, 1.165) is 11.3 Å². The number of amides is 2.